The second-order valence-corrected chi connectivity index (χ2v) is 4.98. The molecule has 1 heterocycles. The van der Waals surface area contributed by atoms with Gasteiger partial charge in [-0.25, -0.2) is 0 Å². The zero-order valence-electron chi connectivity index (χ0n) is 11.5. The lowest BCUT2D eigenvalue weighted by molar-refractivity contribution is 0.653. The first kappa shape index (κ1) is 13.3. The smallest absolute Gasteiger partial charge is 0.151 e. The summed E-state index contributed by atoms with van der Waals surface area (Å²) in [4.78, 5) is 2.40. The van der Waals surface area contributed by atoms with E-state index in [1.54, 1.807) is 0 Å². The van der Waals surface area contributed by atoms with Crippen molar-refractivity contribution in [2.24, 2.45) is 0 Å². The number of hydrogen-bond acceptors (Lipinski definition) is 4. The highest BCUT2D eigenvalue weighted by molar-refractivity contribution is 5.40. The summed E-state index contributed by atoms with van der Waals surface area (Å²) in [5.41, 5.74) is 1.03. The molecule has 1 aromatic rings. The zero-order valence-corrected chi connectivity index (χ0v) is 11.5. The third-order valence-electron chi connectivity index (χ3n) is 3.19. The van der Waals surface area contributed by atoms with Gasteiger partial charge in [-0.2, -0.15) is 5.10 Å². The summed E-state index contributed by atoms with van der Waals surface area (Å²) in [6.45, 7) is 7.32. The number of rotatable bonds is 8. The summed E-state index contributed by atoms with van der Waals surface area (Å²) in [7, 11) is 0. The normalized spacial score (nSPS) is 14.8. The van der Waals surface area contributed by atoms with Crippen molar-refractivity contribution in [2.75, 3.05) is 18.0 Å². The first-order chi connectivity index (χ1) is 8.85. The average molecular weight is 248 g/mol. The maximum atomic E-state index is 4.37. The minimum absolute atomic E-state index is 0.711. The molecule has 0 radical (unpaired) electrons. The molecule has 1 N–H and O–H groups in total. The van der Waals surface area contributed by atoms with E-state index in [1.165, 1.54) is 12.8 Å². The standard InChI is InChI=1S/C14H24N4/c1-3-9-15-11-12-5-8-14(17-16-12)18(10-4-2)13-6-7-13/h5,8,13,15H,3-4,6-7,9-11H2,1-2H3. The van der Waals surface area contributed by atoms with Crippen LogP contribution in [-0.2, 0) is 6.54 Å². The highest BCUT2D eigenvalue weighted by Gasteiger charge is 2.29. The zero-order chi connectivity index (χ0) is 12.8. The van der Waals surface area contributed by atoms with Gasteiger partial charge in [-0.1, -0.05) is 13.8 Å². The van der Waals surface area contributed by atoms with Gasteiger partial charge in [0.2, 0.25) is 0 Å². The first-order valence-electron chi connectivity index (χ1n) is 7.15. The molecule has 0 atom stereocenters. The Morgan fingerprint density at radius 2 is 2.06 bits per heavy atom. The van der Waals surface area contributed by atoms with E-state index in [-0.39, 0.29) is 0 Å². The Morgan fingerprint density at radius 3 is 2.61 bits per heavy atom. The molecule has 1 fully saturated rings. The Labute approximate surface area is 110 Å². The van der Waals surface area contributed by atoms with Crippen LogP contribution in [-0.4, -0.2) is 29.3 Å². The Balaban J connectivity index is 1.92. The van der Waals surface area contributed by atoms with Crippen LogP contribution in [0.5, 0.6) is 0 Å². The van der Waals surface area contributed by atoms with Crippen LogP contribution in [0.1, 0.15) is 45.2 Å². The van der Waals surface area contributed by atoms with Crippen LogP contribution < -0.4 is 10.2 Å². The fourth-order valence-corrected chi connectivity index (χ4v) is 2.10. The molecular weight excluding hydrogens is 224 g/mol. The number of nitrogens with zero attached hydrogens (tertiary/aromatic N) is 3. The lowest BCUT2D eigenvalue weighted by Crippen LogP contribution is -2.27. The Morgan fingerprint density at radius 1 is 1.22 bits per heavy atom. The summed E-state index contributed by atoms with van der Waals surface area (Å²) in [6.07, 6.45) is 4.93. The predicted molar refractivity (Wildman–Crippen MR) is 74.7 cm³/mol. The summed E-state index contributed by atoms with van der Waals surface area (Å²) < 4.78 is 0. The molecule has 1 saturated carbocycles. The molecule has 0 aromatic carbocycles. The van der Waals surface area contributed by atoms with E-state index < -0.39 is 0 Å². The Kier molecular flexibility index (Phi) is 4.93. The molecule has 0 aliphatic heterocycles. The maximum absolute atomic E-state index is 4.37. The summed E-state index contributed by atoms with van der Waals surface area (Å²) >= 11 is 0. The van der Waals surface area contributed by atoms with Crippen molar-refractivity contribution < 1.29 is 0 Å². The maximum Gasteiger partial charge on any atom is 0.151 e. The first-order valence-corrected chi connectivity index (χ1v) is 7.15. The van der Waals surface area contributed by atoms with E-state index in [4.69, 9.17) is 0 Å². The van der Waals surface area contributed by atoms with Gasteiger partial charge in [-0.05, 0) is 44.4 Å². The van der Waals surface area contributed by atoms with E-state index >= 15 is 0 Å². The van der Waals surface area contributed by atoms with Gasteiger partial charge in [-0.3, -0.25) is 0 Å². The summed E-state index contributed by atoms with van der Waals surface area (Å²) in [5.74, 6) is 1.04. The molecule has 1 aromatic heterocycles. The van der Waals surface area contributed by atoms with Crippen LogP contribution in [0, 0.1) is 0 Å². The van der Waals surface area contributed by atoms with Crippen molar-refractivity contribution in [3.8, 4) is 0 Å². The van der Waals surface area contributed by atoms with E-state index in [1.807, 2.05) is 0 Å². The number of nitrogens with one attached hydrogen (secondary N) is 1. The Bertz CT molecular complexity index is 345. The molecule has 4 nitrogen and oxygen atoms in total. The second-order valence-electron chi connectivity index (χ2n) is 4.98. The average Bonchev–Trinajstić information content (AvgIpc) is 3.22. The van der Waals surface area contributed by atoms with Gasteiger partial charge in [0.15, 0.2) is 5.82 Å². The van der Waals surface area contributed by atoms with Crippen LogP contribution in [0.2, 0.25) is 0 Å². The molecule has 0 saturated heterocycles. The largest absolute Gasteiger partial charge is 0.352 e. The minimum atomic E-state index is 0.711. The van der Waals surface area contributed by atoms with Crippen LogP contribution in [0.15, 0.2) is 12.1 Å². The topological polar surface area (TPSA) is 41.0 Å². The van der Waals surface area contributed by atoms with Gasteiger partial charge in [0.25, 0.3) is 0 Å². The van der Waals surface area contributed by atoms with Crippen molar-refractivity contribution in [2.45, 2.75) is 52.1 Å². The lowest BCUT2D eigenvalue weighted by Gasteiger charge is -2.22. The van der Waals surface area contributed by atoms with Gasteiger partial charge < -0.3 is 10.2 Å². The van der Waals surface area contributed by atoms with Gasteiger partial charge >= 0.3 is 0 Å². The third kappa shape index (κ3) is 3.67. The molecular formula is C14H24N4. The lowest BCUT2D eigenvalue weighted by atomic mass is 10.3. The van der Waals surface area contributed by atoms with Crippen molar-refractivity contribution >= 4 is 5.82 Å². The summed E-state index contributed by atoms with van der Waals surface area (Å²) in [6, 6.07) is 4.92. The molecule has 18 heavy (non-hydrogen) atoms. The molecule has 4 heteroatoms. The number of anilines is 1. The van der Waals surface area contributed by atoms with Crippen molar-refractivity contribution in [3.63, 3.8) is 0 Å². The molecule has 100 valence electrons. The van der Waals surface area contributed by atoms with Gasteiger partial charge in [-0.15, -0.1) is 5.10 Å². The summed E-state index contributed by atoms with van der Waals surface area (Å²) in [5, 5.41) is 12.0. The highest BCUT2D eigenvalue weighted by Crippen LogP contribution is 2.30. The van der Waals surface area contributed by atoms with Gasteiger partial charge in [0.05, 0.1) is 5.69 Å². The van der Waals surface area contributed by atoms with E-state index in [0.717, 1.165) is 44.0 Å². The molecule has 1 aliphatic carbocycles. The molecule has 0 amide bonds. The van der Waals surface area contributed by atoms with E-state index in [0.29, 0.717) is 6.04 Å². The molecule has 0 bridgehead atoms. The van der Waals surface area contributed by atoms with Crippen LogP contribution in [0.25, 0.3) is 0 Å². The quantitative estimate of drug-likeness (QED) is 0.717. The monoisotopic (exact) mass is 248 g/mol. The van der Waals surface area contributed by atoms with Crippen LogP contribution in [0.3, 0.4) is 0 Å². The molecule has 0 spiro atoms. The fourth-order valence-electron chi connectivity index (χ4n) is 2.10. The fraction of sp³-hybridized carbons (Fsp3) is 0.714. The minimum Gasteiger partial charge on any atom is -0.352 e. The third-order valence-corrected chi connectivity index (χ3v) is 3.19. The van der Waals surface area contributed by atoms with Gasteiger partial charge in [0, 0.05) is 19.1 Å². The Hall–Kier alpha value is -1.16. The van der Waals surface area contributed by atoms with Gasteiger partial charge in [0.1, 0.15) is 0 Å². The van der Waals surface area contributed by atoms with Crippen LogP contribution >= 0.6 is 0 Å². The number of aromatic nitrogens is 2. The second kappa shape index (κ2) is 6.69. The molecule has 1 aliphatic rings. The van der Waals surface area contributed by atoms with Crippen molar-refractivity contribution in [3.05, 3.63) is 17.8 Å². The highest BCUT2D eigenvalue weighted by atomic mass is 15.3. The van der Waals surface area contributed by atoms with E-state index in [9.17, 15) is 0 Å². The molecule has 0 unspecified atom stereocenters. The predicted octanol–water partition coefficient (Wildman–Crippen LogP) is 2.36. The SMILES string of the molecule is CCCNCc1ccc(N(CCC)C2CC2)nn1. The van der Waals surface area contributed by atoms with Crippen LogP contribution in [0.4, 0.5) is 5.82 Å². The van der Waals surface area contributed by atoms with E-state index in [2.05, 4.69) is 46.4 Å². The van der Waals surface area contributed by atoms with Crippen molar-refractivity contribution in [1.29, 1.82) is 0 Å². The van der Waals surface area contributed by atoms with Crippen molar-refractivity contribution in [1.82, 2.24) is 15.5 Å². The number of hydrogen-bond donors (Lipinski definition) is 1. The molecule has 2 rings (SSSR count).